The van der Waals surface area contributed by atoms with Gasteiger partial charge in [0.2, 0.25) is 0 Å². The minimum Gasteiger partial charge on any atom is -0.334 e. The van der Waals surface area contributed by atoms with Crippen molar-refractivity contribution in [2.75, 3.05) is 0 Å². The van der Waals surface area contributed by atoms with E-state index >= 15 is 0 Å². The summed E-state index contributed by atoms with van der Waals surface area (Å²) in [6.07, 6.45) is 12.2. The third kappa shape index (κ3) is 3.29. The summed E-state index contributed by atoms with van der Waals surface area (Å²) in [4.78, 5) is 4.55. The summed E-state index contributed by atoms with van der Waals surface area (Å²) in [5.41, 5.74) is 2.43. The van der Waals surface area contributed by atoms with E-state index in [9.17, 15) is 5.26 Å². The summed E-state index contributed by atoms with van der Waals surface area (Å²) >= 11 is 0. The highest BCUT2D eigenvalue weighted by Gasteiger charge is 2.34. The van der Waals surface area contributed by atoms with Crippen LogP contribution in [0, 0.1) is 11.3 Å². The van der Waals surface area contributed by atoms with Crippen molar-refractivity contribution in [2.24, 2.45) is 0 Å². The van der Waals surface area contributed by atoms with Crippen LogP contribution in [0.5, 0.6) is 0 Å². The maximum absolute atomic E-state index is 9.57. The Labute approximate surface area is 127 Å². The first-order valence-electron chi connectivity index (χ1n) is 8.48. The summed E-state index contributed by atoms with van der Waals surface area (Å²) in [6.45, 7) is 3.12. The summed E-state index contributed by atoms with van der Waals surface area (Å²) in [6, 6.07) is 3.13. The molecule has 1 aromatic rings. The first-order valence-corrected chi connectivity index (χ1v) is 8.48. The summed E-state index contributed by atoms with van der Waals surface area (Å²) in [5, 5.41) is 13.1. The van der Waals surface area contributed by atoms with Gasteiger partial charge in [0.05, 0.1) is 18.1 Å². The molecule has 4 heteroatoms. The Morgan fingerprint density at radius 1 is 1.43 bits per heavy atom. The lowest BCUT2D eigenvalue weighted by molar-refractivity contribution is 0.350. The molecule has 0 aliphatic heterocycles. The second kappa shape index (κ2) is 6.19. The van der Waals surface area contributed by atoms with Crippen LogP contribution in [0.3, 0.4) is 0 Å². The molecule has 0 bridgehead atoms. The minimum absolute atomic E-state index is 0.318. The maximum Gasteiger partial charge on any atom is 0.106 e. The van der Waals surface area contributed by atoms with Gasteiger partial charge in [0, 0.05) is 18.3 Å². The molecule has 0 amide bonds. The molecule has 1 N–H and O–H groups in total. The number of hydrogen-bond donors (Lipinski definition) is 1. The molecule has 1 atom stereocenters. The van der Waals surface area contributed by atoms with Crippen molar-refractivity contribution in [2.45, 2.75) is 82.8 Å². The van der Waals surface area contributed by atoms with Crippen LogP contribution < -0.4 is 5.32 Å². The van der Waals surface area contributed by atoms with Gasteiger partial charge < -0.3 is 4.57 Å². The third-order valence-corrected chi connectivity index (χ3v) is 4.99. The SMILES string of the molecule is CCC(C#N)(CCCn1cnc2c1CCCC2)NC1CC1. The van der Waals surface area contributed by atoms with Crippen LogP contribution in [-0.4, -0.2) is 21.1 Å². The lowest BCUT2D eigenvalue weighted by Crippen LogP contribution is -2.44. The maximum atomic E-state index is 9.57. The number of rotatable bonds is 7. The van der Waals surface area contributed by atoms with Crippen molar-refractivity contribution in [3.63, 3.8) is 0 Å². The number of imidazole rings is 1. The van der Waals surface area contributed by atoms with Crippen molar-refractivity contribution >= 4 is 0 Å². The van der Waals surface area contributed by atoms with Crippen LogP contribution in [0.25, 0.3) is 0 Å². The summed E-state index contributed by atoms with van der Waals surface area (Å²) in [7, 11) is 0. The molecule has 21 heavy (non-hydrogen) atoms. The van der Waals surface area contributed by atoms with Gasteiger partial charge in [0.1, 0.15) is 5.54 Å². The van der Waals surface area contributed by atoms with E-state index in [0.29, 0.717) is 6.04 Å². The third-order valence-electron chi connectivity index (χ3n) is 4.99. The number of nitriles is 1. The average molecular weight is 286 g/mol. The molecule has 1 unspecified atom stereocenters. The molecule has 0 aromatic carbocycles. The highest BCUT2D eigenvalue weighted by atomic mass is 15.1. The van der Waals surface area contributed by atoms with Gasteiger partial charge >= 0.3 is 0 Å². The molecule has 4 nitrogen and oxygen atoms in total. The van der Waals surface area contributed by atoms with E-state index in [2.05, 4.69) is 27.9 Å². The minimum atomic E-state index is -0.318. The summed E-state index contributed by atoms with van der Waals surface area (Å²) < 4.78 is 2.32. The number of nitrogens with zero attached hydrogens (tertiary/aromatic N) is 3. The van der Waals surface area contributed by atoms with Crippen molar-refractivity contribution in [1.29, 1.82) is 5.26 Å². The molecule has 0 radical (unpaired) electrons. The molecular formula is C17H26N4. The van der Waals surface area contributed by atoms with Gasteiger partial charge in [-0.15, -0.1) is 0 Å². The van der Waals surface area contributed by atoms with E-state index in [-0.39, 0.29) is 5.54 Å². The Hall–Kier alpha value is -1.34. The quantitative estimate of drug-likeness (QED) is 0.838. The Morgan fingerprint density at radius 3 is 2.95 bits per heavy atom. The number of aryl methyl sites for hydroxylation is 2. The van der Waals surface area contributed by atoms with Gasteiger partial charge in [0.15, 0.2) is 0 Å². The predicted octanol–water partition coefficient (Wildman–Crippen LogP) is 2.97. The Kier molecular flexibility index (Phi) is 4.30. The first-order chi connectivity index (χ1) is 10.3. The molecule has 0 saturated heterocycles. The van der Waals surface area contributed by atoms with Crippen molar-refractivity contribution in [3.05, 3.63) is 17.7 Å². The number of nitrogens with one attached hydrogen (secondary N) is 1. The molecule has 2 aliphatic carbocycles. The van der Waals surface area contributed by atoms with Gasteiger partial charge in [-0.1, -0.05) is 6.92 Å². The number of aromatic nitrogens is 2. The zero-order chi connectivity index (χ0) is 14.7. The van der Waals surface area contributed by atoms with Crippen LogP contribution in [0.15, 0.2) is 6.33 Å². The van der Waals surface area contributed by atoms with Gasteiger partial charge in [0.25, 0.3) is 0 Å². The second-order valence-electron chi connectivity index (χ2n) is 6.61. The molecule has 114 valence electrons. The van der Waals surface area contributed by atoms with Gasteiger partial charge in [-0.25, -0.2) is 4.98 Å². The summed E-state index contributed by atoms with van der Waals surface area (Å²) in [5.74, 6) is 0. The van der Waals surface area contributed by atoms with E-state index in [1.165, 1.54) is 43.5 Å². The van der Waals surface area contributed by atoms with Gasteiger partial charge in [-0.3, -0.25) is 5.32 Å². The van der Waals surface area contributed by atoms with E-state index in [1.807, 2.05) is 6.33 Å². The van der Waals surface area contributed by atoms with E-state index in [4.69, 9.17) is 0 Å². The molecular weight excluding hydrogens is 260 g/mol. The molecule has 2 aliphatic rings. The first kappa shape index (κ1) is 14.6. The fourth-order valence-corrected chi connectivity index (χ4v) is 3.41. The molecule has 1 saturated carbocycles. The monoisotopic (exact) mass is 286 g/mol. The fourth-order valence-electron chi connectivity index (χ4n) is 3.41. The highest BCUT2D eigenvalue weighted by Crippen LogP contribution is 2.27. The standard InChI is InChI=1S/C17H26N4/c1-2-17(12-18,20-14-8-9-14)10-5-11-21-13-19-15-6-3-4-7-16(15)21/h13-14,20H,2-11H2,1H3. The normalized spacial score (nSPS) is 20.6. The molecule has 0 spiro atoms. The van der Waals surface area contributed by atoms with E-state index in [0.717, 1.165) is 32.2 Å². The topological polar surface area (TPSA) is 53.6 Å². The van der Waals surface area contributed by atoms with Crippen molar-refractivity contribution < 1.29 is 0 Å². The van der Waals surface area contributed by atoms with Crippen molar-refractivity contribution in [3.8, 4) is 6.07 Å². The van der Waals surface area contributed by atoms with E-state index in [1.54, 1.807) is 0 Å². The molecule has 1 heterocycles. The van der Waals surface area contributed by atoms with Crippen molar-refractivity contribution in [1.82, 2.24) is 14.9 Å². The smallest absolute Gasteiger partial charge is 0.106 e. The van der Waals surface area contributed by atoms with Crippen LogP contribution in [0.2, 0.25) is 0 Å². The van der Waals surface area contributed by atoms with Crippen LogP contribution >= 0.6 is 0 Å². The van der Waals surface area contributed by atoms with E-state index < -0.39 is 0 Å². The molecule has 3 rings (SSSR count). The largest absolute Gasteiger partial charge is 0.334 e. The fraction of sp³-hybridized carbons (Fsp3) is 0.765. The zero-order valence-electron chi connectivity index (χ0n) is 13.1. The lowest BCUT2D eigenvalue weighted by atomic mass is 9.91. The van der Waals surface area contributed by atoms with Crippen LogP contribution in [0.4, 0.5) is 0 Å². The Morgan fingerprint density at radius 2 is 2.24 bits per heavy atom. The number of hydrogen-bond acceptors (Lipinski definition) is 3. The number of fused-ring (bicyclic) bond motifs is 1. The average Bonchev–Trinajstić information content (AvgIpc) is 3.25. The van der Waals surface area contributed by atoms with Crippen LogP contribution in [0.1, 0.15) is 63.3 Å². The molecule has 1 fully saturated rings. The van der Waals surface area contributed by atoms with Gasteiger partial charge in [-0.2, -0.15) is 5.26 Å². The Bertz CT molecular complexity index is 523. The highest BCUT2D eigenvalue weighted by molar-refractivity contribution is 5.16. The van der Waals surface area contributed by atoms with Crippen LogP contribution in [-0.2, 0) is 19.4 Å². The zero-order valence-corrected chi connectivity index (χ0v) is 13.1. The Balaban J connectivity index is 1.57. The second-order valence-corrected chi connectivity index (χ2v) is 6.61. The van der Waals surface area contributed by atoms with Gasteiger partial charge in [-0.05, 0) is 57.8 Å². The molecule has 1 aromatic heterocycles. The lowest BCUT2D eigenvalue weighted by Gasteiger charge is -2.27. The predicted molar refractivity (Wildman–Crippen MR) is 82.9 cm³/mol.